The molecule has 0 amide bonds. The SMILES string of the molecule is CC.CC(=O)OC(=O)c1cc(C(C)(C)C)c(O)c(C(C)(C)C)c1. The summed E-state index contributed by atoms with van der Waals surface area (Å²) in [5.74, 6) is -1.16. The molecule has 0 aliphatic heterocycles. The average Bonchev–Trinajstić information content (AvgIpc) is 2.37. The summed E-state index contributed by atoms with van der Waals surface area (Å²) < 4.78 is 4.65. The number of hydrogen-bond acceptors (Lipinski definition) is 4. The minimum atomic E-state index is -0.696. The van der Waals surface area contributed by atoms with Gasteiger partial charge in [-0.25, -0.2) is 4.79 Å². The second-order valence-corrected chi connectivity index (χ2v) is 7.30. The van der Waals surface area contributed by atoms with Gasteiger partial charge in [0.05, 0.1) is 5.56 Å². The van der Waals surface area contributed by atoms with Crippen molar-refractivity contribution in [2.75, 3.05) is 0 Å². The molecule has 1 N–H and O–H groups in total. The Hall–Kier alpha value is -1.84. The quantitative estimate of drug-likeness (QED) is 0.600. The van der Waals surface area contributed by atoms with E-state index < -0.39 is 11.9 Å². The summed E-state index contributed by atoms with van der Waals surface area (Å²) in [5, 5.41) is 10.5. The molecule has 0 saturated heterocycles. The summed E-state index contributed by atoms with van der Waals surface area (Å²) in [4.78, 5) is 23.0. The summed E-state index contributed by atoms with van der Waals surface area (Å²) in [6.45, 7) is 16.9. The second-order valence-electron chi connectivity index (χ2n) is 7.30. The van der Waals surface area contributed by atoms with Crippen LogP contribution in [0.5, 0.6) is 5.75 Å². The smallest absolute Gasteiger partial charge is 0.345 e. The predicted octanol–water partition coefficient (Wildman–Crippen LogP) is 4.72. The third-order valence-corrected chi connectivity index (χ3v) is 3.20. The lowest BCUT2D eigenvalue weighted by molar-refractivity contribution is -0.135. The van der Waals surface area contributed by atoms with Gasteiger partial charge in [0.25, 0.3) is 0 Å². The van der Waals surface area contributed by atoms with Crippen LogP contribution in [0.3, 0.4) is 0 Å². The molecule has 0 bridgehead atoms. The van der Waals surface area contributed by atoms with Crippen molar-refractivity contribution in [3.05, 3.63) is 28.8 Å². The van der Waals surface area contributed by atoms with E-state index >= 15 is 0 Å². The number of carbonyl (C=O) groups is 2. The molecule has 23 heavy (non-hydrogen) atoms. The van der Waals surface area contributed by atoms with Gasteiger partial charge < -0.3 is 9.84 Å². The van der Waals surface area contributed by atoms with Crippen LogP contribution in [-0.4, -0.2) is 17.0 Å². The van der Waals surface area contributed by atoms with Crippen LogP contribution in [-0.2, 0) is 20.4 Å². The molecule has 0 saturated carbocycles. The molecular weight excluding hydrogens is 292 g/mol. The minimum absolute atomic E-state index is 0.189. The average molecular weight is 322 g/mol. The van der Waals surface area contributed by atoms with Crippen LogP contribution in [0, 0.1) is 0 Å². The Labute approximate surface area is 139 Å². The summed E-state index contributed by atoms with van der Waals surface area (Å²) in [7, 11) is 0. The van der Waals surface area contributed by atoms with Gasteiger partial charge in [-0.15, -0.1) is 0 Å². The van der Waals surface area contributed by atoms with Gasteiger partial charge in [-0.1, -0.05) is 55.4 Å². The fourth-order valence-electron chi connectivity index (χ4n) is 2.09. The van der Waals surface area contributed by atoms with Gasteiger partial charge in [0.1, 0.15) is 5.75 Å². The molecule has 0 spiro atoms. The molecule has 0 heterocycles. The molecule has 0 fully saturated rings. The maximum Gasteiger partial charge on any atom is 0.345 e. The van der Waals surface area contributed by atoms with E-state index in [1.54, 1.807) is 12.1 Å². The number of carbonyl (C=O) groups excluding carboxylic acids is 2. The van der Waals surface area contributed by atoms with E-state index in [-0.39, 0.29) is 22.1 Å². The van der Waals surface area contributed by atoms with Crippen molar-refractivity contribution in [1.82, 2.24) is 0 Å². The van der Waals surface area contributed by atoms with E-state index in [1.807, 2.05) is 55.4 Å². The van der Waals surface area contributed by atoms with Crippen molar-refractivity contribution in [2.24, 2.45) is 0 Å². The first-order valence-corrected chi connectivity index (χ1v) is 7.94. The molecule has 0 unspecified atom stereocenters. The van der Waals surface area contributed by atoms with E-state index in [0.717, 1.165) is 0 Å². The second kappa shape index (κ2) is 7.62. The van der Waals surface area contributed by atoms with Gasteiger partial charge in [0, 0.05) is 18.1 Å². The largest absolute Gasteiger partial charge is 0.507 e. The topological polar surface area (TPSA) is 63.6 Å². The molecule has 1 rings (SSSR count). The maximum atomic E-state index is 12.0. The van der Waals surface area contributed by atoms with Gasteiger partial charge in [0.15, 0.2) is 0 Å². The zero-order valence-electron chi connectivity index (χ0n) is 15.8. The summed E-state index contributed by atoms with van der Waals surface area (Å²) >= 11 is 0. The summed E-state index contributed by atoms with van der Waals surface area (Å²) in [5.41, 5.74) is 0.918. The fraction of sp³-hybridized carbons (Fsp3) is 0.579. The van der Waals surface area contributed by atoms with Gasteiger partial charge in [-0.3, -0.25) is 4.79 Å². The van der Waals surface area contributed by atoms with Crippen molar-refractivity contribution in [3.63, 3.8) is 0 Å². The van der Waals surface area contributed by atoms with Crippen LogP contribution in [0.1, 0.15) is 83.8 Å². The van der Waals surface area contributed by atoms with E-state index in [4.69, 9.17) is 0 Å². The van der Waals surface area contributed by atoms with Gasteiger partial charge in [0.2, 0.25) is 0 Å². The first kappa shape index (κ1) is 21.2. The number of hydrogen-bond donors (Lipinski definition) is 1. The zero-order valence-corrected chi connectivity index (χ0v) is 15.8. The third kappa shape index (κ3) is 5.70. The summed E-state index contributed by atoms with van der Waals surface area (Å²) in [6.07, 6.45) is 0. The molecule has 0 aliphatic rings. The lowest BCUT2D eigenvalue weighted by Crippen LogP contribution is -2.19. The first-order chi connectivity index (χ1) is 10.3. The van der Waals surface area contributed by atoms with Gasteiger partial charge >= 0.3 is 11.9 Å². The molecule has 0 aromatic heterocycles. The fourth-order valence-corrected chi connectivity index (χ4v) is 2.09. The Kier molecular flexibility index (Phi) is 7.01. The normalized spacial score (nSPS) is 11.3. The first-order valence-electron chi connectivity index (χ1n) is 7.94. The molecule has 130 valence electrons. The highest BCUT2D eigenvalue weighted by atomic mass is 16.6. The number of phenolic OH excluding ortho intramolecular Hbond substituents is 1. The van der Waals surface area contributed by atoms with E-state index in [0.29, 0.717) is 11.1 Å². The van der Waals surface area contributed by atoms with E-state index in [9.17, 15) is 14.7 Å². The van der Waals surface area contributed by atoms with Crippen LogP contribution in [0.25, 0.3) is 0 Å². The molecular formula is C19H30O4. The van der Waals surface area contributed by atoms with E-state index in [1.165, 1.54) is 6.92 Å². The van der Waals surface area contributed by atoms with Crippen molar-refractivity contribution < 1.29 is 19.4 Å². The van der Waals surface area contributed by atoms with Crippen molar-refractivity contribution in [1.29, 1.82) is 0 Å². The lowest BCUT2D eigenvalue weighted by atomic mass is 9.78. The van der Waals surface area contributed by atoms with Crippen molar-refractivity contribution >= 4 is 11.9 Å². The predicted molar refractivity (Wildman–Crippen MR) is 93.0 cm³/mol. The zero-order chi connectivity index (χ0) is 18.6. The molecule has 0 radical (unpaired) electrons. The van der Waals surface area contributed by atoms with Crippen LogP contribution >= 0.6 is 0 Å². The molecule has 1 aromatic carbocycles. The number of phenols is 1. The van der Waals surface area contributed by atoms with Crippen LogP contribution < -0.4 is 0 Å². The highest BCUT2D eigenvalue weighted by molar-refractivity contribution is 5.97. The van der Waals surface area contributed by atoms with Crippen LogP contribution in [0.2, 0.25) is 0 Å². The molecule has 4 heteroatoms. The Balaban J connectivity index is 0.00000232. The third-order valence-electron chi connectivity index (χ3n) is 3.20. The van der Waals surface area contributed by atoms with Gasteiger partial charge in [-0.2, -0.15) is 0 Å². The van der Waals surface area contributed by atoms with Crippen molar-refractivity contribution in [2.45, 2.75) is 73.1 Å². The molecule has 0 aliphatic carbocycles. The number of aromatic hydroxyl groups is 1. The number of ether oxygens (including phenoxy) is 1. The van der Waals surface area contributed by atoms with Crippen LogP contribution in [0.4, 0.5) is 0 Å². The number of rotatable bonds is 1. The Morgan fingerprint density at radius 3 is 1.52 bits per heavy atom. The molecule has 4 nitrogen and oxygen atoms in total. The van der Waals surface area contributed by atoms with Crippen molar-refractivity contribution in [3.8, 4) is 5.75 Å². The standard InChI is InChI=1S/C17H24O4.C2H6/c1-10(18)21-15(20)11-8-12(16(2,3)4)14(19)13(9-11)17(5,6)7;1-2/h8-9,19H,1-7H3;1-2H3. The summed E-state index contributed by atoms with van der Waals surface area (Å²) in [6, 6.07) is 3.19. The number of benzene rings is 1. The highest BCUT2D eigenvalue weighted by Gasteiger charge is 2.28. The monoisotopic (exact) mass is 322 g/mol. The lowest BCUT2D eigenvalue weighted by Gasteiger charge is -2.27. The highest BCUT2D eigenvalue weighted by Crippen LogP contribution is 2.39. The van der Waals surface area contributed by atoms with Gasteiger partial charge in [-0.05, 0) is 23.0 Å². The maximum absolute atomic E-state index is 12.0. The minimum Gasteiger partial charge on any atom is -0.507 e. The Morgan fingerprint density at radius 2 is 1.26 bits per heavy atom. The van der Waals surface area contributed by atoms with Crippen LogP contribution in [0.15, 0.2) is 12.1 Å². The molecule has 0 atom stereocenters. The van der Waals surface area contributed by atoms with E-state index in [2.05, 4.69) is 4.74 Å². The Bertz CT molecular complexity index is 537. The number of esters is 2. The Morgan fingerprint density at radius 1 is 0.913 bits per heavy atom. The molecule has 1 aromatic rings.